The maximum atomic E-state index is 11.5. The first-order valence-electron chi connectivity index (χ1n) is 15.5. The lowest BCUT2D eigenvalue weighted by Gasteiger charge is -2.05. The number of carbonyl (C=O) groups is 3. The molecule has 3 aromatic carbocycles. The van der Waals surface area contributed by atoms with E-state index in [1.165, 1.54) is 25.0 Å². The molecule has 0 saturated carbocycles. The first-order valence-corrected chi connectivity index (χ1v) is 18.9. The third kappa shape index (κ3) is 11.3. The Balaban J connectivity index is 0.000000159. The van der Waals surface area contributed by atoms with Gasteiger partial charge in [-0.3, -0.25) is 9.59 Å². The van der Waals surface area contributed by atoms with Crippen LogP contribution < -0.4 is 5.32 Å². The number of benzene rings is 3. The monoisotopic (exact) mass is 917 g/mol. The van der Waals surface area contributed by atoms with Crippen LogP contribution in [0.15, 0.2) is 98.0 Å². The molecule has 0 bridgehead atoms. The number of hydrogen-bond donors (Lipinski definition) is 2. The molecule has 0 aliphatic carbocycles. The predicted octanol–water partition coefficient (Wildman–Crippen LogP) is 10.5. The Bertz CT molecular complexity index is 2450. The summed E-state index contributed by atoms with van der Waals surface area (Å²) in [4.78, 5) is 57.6. The number of amides is 1. The van der Waals surface area contributed by atoms with E-state index in [2.05, 4.69) is 51.2 Å². The van der Waals surface area contributed by atoms with Gasteiger partial charge in [0.1, 0.15) is 24.7 Å². The quantitative estimate of drug-likeness (QED) is 0.116. The van der Waals surface area contributed by atoms with Crippen LogP contribution >= 0.6 is 85.5 Å². The third-order valence-electron chi connectivity index (χ3n) is 7.36. The third-order valence-corrected chi connectivity index (χ3v) is 10.1. The van der Waals surface area contributed by atoms with Gasteiger partial charge in [-0.05, 0) is 54.6 Å². The minimum Gasteiger partial charge on any atom is -0.477 e. The number of aromatic nitrogens is 6. The van der Waals surface area contributed by atoms with Crippen molar-refractivity contribution >= 4 is 109 Å². The summed E-state index contributed by atoms with van der Waals surface area (Å²) in [6.45, 7) is 0. The Morgan fingerprint density at radius 3 is 1.42 bits per heavy atom. The van der Waals surface area contributed by atoms with Crippen LogP contribution in [0.2, 0.25) is 30.1 Å². The fourth-order valence-corrected chi connectivity index (χ4v) is 5.81. The van der Waals surface area contributed by atoms with E-state index in [9.17, 15) is 14.4 Å². The van der Waals surface area contributed by atoms with Gasteiger partial charge in [0.25, 0.3) is 0 Å². The molecule has 55 heavy (non-hydrogen) atoms. The molecule has 1 amide bonds. The fourth-order valence-electron chi connectivity index (χ4n) is 4.63. The number of Topliss-reactive ketones (excluding diaryl/α,β-unsaturated/α-hetero) is 1. The van der Waals surface area contributed by atoms with E-state index in [4.69, 9.17) is 74.7 Å². The van der Waals surface area contributed by atoms with Gasteiger partial charge in [0.2, 0.25) is 5.91 Å². The second-order valence-corrected chi connectivity index (χ2v) is 14.0. The lowest BCUT2D eigenvalue weighted by molar-refractivity contribution is -0.118. The van der Waals surface area contributed by atoms with E-state index >= 15 is 0 Å². The summed E-state index contributed by atoms with van der Waals surface area (Å²) >= 11 is 38.5. The topological polar surface area (TPSA) is 161 Å². The molecule has 278 valence electrons. The van der Waals surface area contributed by atoms with Crippen LogP contribution in [0, 0.1) is 0 Å². The second kappa shape index (κ2) is 19.4. The molecule has 0 unspecified atom stereocenters. The zero-order valence-corrected chi connectivity index (χ0v) is 33.8. The molecule has 7 rings (SSSR count). The van der Waals surface area contributed by atoms with E-state index in [0.717, 1.165) is 28.1 Å². The summed E-state index contributed by atoms with van der Waals surface area (Å²) < 4.78 is 0. The zero-order valence-electron chi connectivity index (χ0n) is 27.7. The van der Waals surface area contributed by atoms with Crippen molar-refractivity contribution in [3.63, 3.8) is 0 Å². The van der Waals surface area contributed by atoms with Crippen molar-refractivity contribution in [2.75, 3.05) is 5.33 Å². The molecule has 11 nitrogen and oxygen atoms in total. The Morgan fingerprint density at radius 2 is 1.00 bits per heavy atom. The molecule has 1 aliphatic heterocycles. The van der Waals surface area contributed by atoms with Gasteiger partial charge in [0, 0.05) is 28.5 Å². The van der Waals surface area contributed by atoms with Crippen LogP contribution in [0.3, 0.4) is 0 Å². The highest BCUT2D eigenvalue weighted by molar-refractivity contribution is 9.09. The maximum absolute atomic E-state index is 11.5. The van der Waals surface area contributed by atoms with Gasteiger partial charge in [-0.2, -0.15) is 0 Å². The summed E-state index contributed by atoms with van der Waals surface area (Å²) in [6.07, 6.45) is 6.02. The van der Waals surface area contributed by atoms with Crippen LogP contribution in [0.1, 0.15) is 33.1 Å². The lowest BCUT2D eigenvalue weighted by atomic mass is 10.1. The van der Waals surface area contributed by atoms with E-state index < -0.39 is 5.97 Å². The van der Waals surface area contributed by atoms with Crippen molar-refractivity contribution in [1.29, 1.82) is 0 Å². The molecule has 3 aromatic heterocycles. The highest BCUT2D eigenvalue weighted by Crippen LogP contribution is 2.30. The molecule has 0 saturated heterocycles. The van der Waals surface area contributed by atoms with Crippen molar-refractivity contribution in [2.24, 2.45) is 0 Å². The summed E-state index contributed by atoms with van der Waals surface area (Å²) in [5.41, 5.74) is 6.03. The van der Waals surface area contributed by atoms with Crippen LogP contribution in [-0.2, 0) is 4.79 Å². The SMILES string of the molecule is O=C(CBr)c1cc(-c2ccc(Cl)c(Cl)c2)ncn1.O=C(O)c1cc(-c2ccc(Cl)c(Cl)c2)ncn1.O=C1CC(c2cc(-c3ccc(Cl)c(Cl)c3)ncn2)=CN1. The molecule has 6 aromatic rings. The molecular weight excluding hydrogens is 899 g/mol. The van der Waals surface area contributed by atoms with Crippen LogP contribution in [-0.4, -0.2) is 58.0 Å². The second-order valence-electron chi connectivity index (χ2n) is 11.0. The normalized spacial score (nSPS) is 11.7. The van der Waals surface area contributed by atoms with Gasteiger partial charge in [-0.1, -0.05) is 104 Å². The minimum absolute atomic E-state index is 0.0327. The Kier molecular flexibility index (Phi) is 14.7. The smallest absolute Gasteiger partial charge is 0.354 e. The van der Waals surface area contributed by atoms with Crippen molar-refractivity contribution in [3.8, 4) is 33.8 Å². The number of hydrogen-bond acceptors (Lipinski definition) is 9. The standard InChI is InChI=1S/C14H9Cl2N3O.C12H7BrCl2N2O.C11H6Cl2N2O2/c15-10-2-1-8(3-11(10)16)12-5-13(19-7-18-12)9-4-14(20)17-6-9;13-5-12(18)11-4-10(16-6-17-11)7-1-2-8(14)9(15)3-7;12-7-2-1-6(3-8(7)13)9-4-10(11(16)17)15-5-14-9/h1-3,5-7H,4H2,(H,17,20);1-4,6H,5H2;1-5H,(H,16,17). The number of nitrogens with one attached hydrogen (secondary N) is 1. The highest BCUT2D eigenvalue weighted by atomic mass is 79.9. The minimum atomic E-state index is -1.10. The number of ketones is 1. The Labute approximate surface area is 351 Å². The van der Waals surface area contributed by atoms with Crippen molar-refractivity contribution in [2.45, 2.75) is 6.42 Å². The zero-order chi connectivity index (χ0) is 39.6. The molecule has 0 radical (unpaired) electrons. The number of carboxylic acid groups (broad SMARTS) is 1. The molecular formula is C37H22BrCl6N7O4. The lowest BCUT2D eigenvalue weighted by Crippen LogP contribution is -2.08. The molecule has 0 fully saturated rings. The van der Waals surface area contributed by atoms with E-state index in [1.54, 1.807) is 60.8 Å². The summed E-state index contributed by atoms with van der Waals surface area (Å²) in [7, 11) is 0. The van der Waals surface area contributed by atoms with Crippen molar-refractivity contribution in [3.05, 3.63) is 145 Å². The molecule has 0 spiro atoms. The molecule has 18 heteroatoms. The Morgan fingerprint density at radius 1 is 0.582 bits per heavy atom. The molecule has 0 atom stereocenters. The average Bonchev–Trinajstić information content (AvgIpc) is 3.64. The van der Waals surface area contributed by atoms with E-state index in [1.807, 2.05) is 12.1 Å². The molecule has 4 heterocycles. The van der Waals surface area contributed by atoms with Crippen LogP contribution in [0.25, 0.3) is 39.3 Å². The van der Waals surface area contributed by atoms with Gasteiger partial charge >= 0.3 is 5.97 Å². The Hall–Kier alpha value is -4.53. The van der Waals surface area contributed by atoms with Crippen molar-refractivity contribution < 1.29 is 19.5 Å². The summed E-state index contributed by atoms with van der Waals surface area (Å²) in [6, 6.07) is 20.3. The van der Waals surface area contributed by atoms with E-state index in [-0.39, 0.29) is 22.7 Å². The van der Waals surface area contributed by atoms with Gasteiger partial charge in [-0.15, -0.1) is 0 Å². The highest BCUT2D eigenvalue weighted by Gasteiger charge is 2.16. The van der Waals surface area contributed by atoms with E-state index in [0.29, 0.717) is 59.2 Å². The number of nitrogens with zero attached hydrogens (tertiary/aromatic N) is 6. The van der Waals surface area contributed by atoms with Gasteiger partial charge in [0.05, 0.1) is 64.7 Å². The van der Waals surface area contributed by atoms with Gasteiger partial charge in [-0.25, -0.2) is 34.7 Å². The number of aromatic carboxylic acids is 1. The van der Waals surface area contributed by atoms with Gasteiger partial charge in [0.15, 0.2) is 11.5 Å². The summed E-state index contributed by atoms with van der Waals surface area (Å²) in [5.74, 6) is -1.23. The predicted molar refractivity (Wildman–Crippen MR) is 218 cm³/mol. The number of alkyl halides is 1. The first kappa shape index (κ1) is 41.6. The summed E-state index contributed by atoms with van der Waals surface area (Å²) in [5, 5.41) is 14.4. The number of carboxylic acids is 1. The largest absolute Gasteiger partial charge is 0.477 e. The van der Waals surface area contributed by atoms with Gasteiger partial charge < -0.3 is 10.4 Å². The average molecular weight is 921 g/mol. The molecule has 2 N–H and O–H groups in total. The number of halogens is 7. The number of rotatable bonds is 7. The maximum Gasteiger partial charge on any atom is 0.354 e. The fraction of sp³-hybridized carbons (Fsp3) is 0.0541. The first-order chi connectivity index (χ1) is 26.3. The van der Waals surface area contributed by atoms with Crippen molar-refractivity contribution in [1.82, 2.24) is 35.2 Å². The van der Waals surface area contributed by atoms with Crippen LogP contribution in [0.5, 0.6) is 0 Å². The number of carbonyl (C=O) groups excluding carboxylic acids is 2. The molecule has 1 aliphatic rings. The van der Waals surface area contributed by atoms with Crippen LogP contribution in [0.4, 0.5) is 0 Å².